The van der Waals surface area contributed by atoms with Gasteiger partial charge in [-0.05, 0) is 30.5 Å². The van der Waals surface area contributed by atoms with Crippen LogP contribution in [-0.2, 0) is 6.54 Å². The van der Waals surface area contributed by atoms with Crippen LogP contribution in [0.4, 0.5) is 0 Å². The molecule has 1 aromatic heterocycles. The molecule has 0 radical (unpaired) electrons. The summed E-state index contributed by atoms with van der Waals surface area (Å²) in [5.41, 5.74) is 0. The predicted molar refractivity (Wildman–Crippen MR) is 100 cm³/mol. The van der Waals surface area contributed by atoms with E-state index in [9.17, 15) is 0 Å². The van der Waals surface area contributed by atoms with Crippen molar-refractivity contribution in [3.8, 4) is 5.75 Å². The molecule has 0 aliphatic heterocycles. The van der Waals surface area contributed by atoms with Crippen molar-refractivity contribution in [3.63, 3.8) is 0 Å². The van der Waals surface area contributed by atoms with Gasteiger partial charge in [0.25, 0.3) is 0 Å². The van der Waals surface area contributed by atoms with Gasteiger partial charge in [-0.15, -0.1) is 11.3 Å². The summed E-state index contributed by atoms with van der Waals surface area (Å²) >= 11 is 14.0. The number of benzene rings is 2. The maximum Gasteiger partial charge on any atom is 0.139 e. The number of hydrogen-bond donors (Lipinski definition) is 1. The maximum atomic E-state index is 6.46. The topological polar surface area (TPSA) is 21.3 Å². The zero-order chi connectivity index (χ0) is 16.2. The molecule has 23 heavy (non-hydrogen) atoms. The van der Waals surface area contributed by atoms with Gasteiger partial charge in [0.2, 0.25) is 0 Å². The van der Waals surface area contributed by atoms with Crippen LogP contribution in [0.2, 0.25) is 9.36 Å². The Bertz CT molecular complexity index is 803. The van der Waals surface area contributed by atoms with E-state index in [1.807, 2.05) is 55.5 Å². The molecule has 0 fully saturated rings. The Balaban J connectivity index is 1.59. The number of fused-ring (bicyclic) bond motifs is 1. The average Bonchev–Trinajstić information content (AvgIpc) is 2.96. The average molecular weight is 366 g/mol. The van der Waals surface area contributed by atoms with Gasteiger partial charge in [0.15, 0.2) is 0 Å². The molecule has 0 aliphatic rings. The SMILES string of the molecule is CC(CNCc1ccc(Cl)s1)Oc1ccc2ccccc2c1Cl. The number of rotatable bonds is 6. The summed E-state index contributed by atoms with van der Waals surface area (Å²) in [6, 6.07) is 15.9. The molecule has 1 heterocycles. The van der Waals surface area contributed by atoms with Crippen molar-refractivity contribution in [3.05, 3.63) is 62.8 Å². The van der Waals surface area contributed by atoms with E-state index in [-0.39, 0.29) is 6.10 Å². The summed E-state index contributed by atoms with van der Waals surface area (Å²) in [4.78, 5) is 1.21. The zero-order valence-electron chi connectivity index (χ0n) is 12.7. The van der Waals surface area contributed by atoms with E-state index >= 15 is 0 Å². The Morgan fingerprint density at radius 1 is 1.09 bits per heavy atom. The highest BCUT2D eigenvalue weighted by atomic mass is 35.5. The fraction of sp³-hybridized carbons (Fsp3) is 0.222. The Morgan fingerprint density at radius 2 is 1.91 bits per heavy atom. The van der Waals surface area contributed by atoms with Crippen molar-refractivity contribution in [2.24, 2.45) is 0 Å². The molecule has 2 nitrogen and oxygen atoms in total. The van der Waals surface area contributed by atoms with Crippen molar-refractivity contribution in [1.29, 1.82) is 0 Å². The van der Waals surface area contributed by atoms with Crippen LogP contribution in [0.1, 0.15) is 11.8 Å². The maximum absolute atomic E-state index is 6.46. The highest BCUT2D eigenvalue weighted by Crippen LogP contribution is 2.33. The van der Waals surface area contributed by atoms with Gasteiger partial charge in [-0.1, -0.05) is 53.5 Å². The Labute approximate surface area is 150 Å². The van der Waals surface area contributed by atoms with Crippen LogP contribution in [0.25, 0.3) is 10.8 Å². The first kappa shape index (κ1) is 16.6. The summed E-state index contributed by atoms with van der Waals surface area (Å²) < 4.78 is 6.79. The number of halogens is 2. The van der Waals surface area contributed by atoms with Crippen molar-refractivity contribution in [1.82, 2.24) is 5.32 Å². The fourth-order valence-electron chi connectivity index (χ4n) is 2.41. The summed E-state index contributed by atoms with van der Waals surface area (Å²) in [7, 11) is 0. The lowest BCUT2D eigenvalue weighted by molar-refractivity contribution is 0.217. The Morgan fingerprint density at radius 3 is 2.70 bits per heavy atom. The molecular formula is C18H17Cl2NOS. The van der Waals surface area contributed by atoms with Crippen LogP contribution in [0.5, 0.6) is 5.75 Å². The fourth-order valence-corrected chi connectivity index (χ4v) is 3.75. The first-order chi connectivity index (χ1) is 11.1. The van der Waals surface area contributed by atoms with Crippen molar-refractivity contribution in [2.45, 2.75) is 19.6 Å². The van der Waals surface area contributed by atoms with Crippen LogP contribution in [0.15, 0.2) is 48.5 Å². The molecule has 0 saturated heterocycles. The van der Waals surface area contributed by atoms with E-state index in [1.54, 1.807) is 11.3 Å². The highest BCUT2D eigenvalue weighted by molar-refractivity contribution is 7.16. The minimum Gasteiger partial charge on any atom is -0.488 e. The number of thiophene rings is 1. The normalized spacial score (nSPS) is 12.5. The van der Waals surface area contributed by atoms with Crippen LogP contribution in [0.3, 0.4) is 0 Å². The minimum absolute atomic E-state index is 0.0177. The summed E-state index contributed by atoms with van der Waals surface area (Å²) in [6.07, 6.45) is 0.0177. The predicted octanol–water partition coefficient (Wildman–Crippen LogP) is 5.77. The number of ether oxygens (including phenoxy) is 1. The van der Waals surface area contributed by atoms with Gasteiger partial charge < -0.3 is 10.1 Å². The second kappa shape index (κ2) is 7.54. The van der Waals surface area contributed by atoms with Crippen molar-refractivity contribution >= 4 is 45.3 Å². The summed E-state index contributed by atoms with van der Waals surface area (Å²) in [5, 5.41) is 6.17. The standard InChI is InChI=1S/C18H17Cl2NOS/c1-12(10-21-11-14-7-9-17(19)23-14)22-16-8-6-13-4-2-3-5-15(13)18(16)20/h2-9,12,21H,10-11H2,1H3. The molecule has 0 aliphatic carbocycles. The van der Waals surface area contributed by atoms with Gasteiger partial charge >= 0.3 is 0 Å². The van der Waals surface area contributed by atoms with Gasteiger partial charge in [-0.2, -0.15) is 0 Å². The molecule has 1 N–H and O–H groups in total. The largest absolute Gasteiger partial charge is 0.488 e. The van der Waals surface area contributed by atoms with E-state index in [2.05, 4.69) is 5.32 Å². The van der Waals surface area contributed by atoms with Gasteiger partial charge in [-0.25, -0.2) is 0 Å². The molecule has 1 atom stereocenters. The van der Waals surface area contributed by atoms with Crippen LogP contribution in [0, 0.1) is 0 Å². The summed E-state index contributed by atoms with van der Waals surface area (Å²) in [5.74, 6) is 0.721. The quantitative estimate of drug-likeness (QED) is 0.598. The first-order valence-electron chi connectivity index (χ1n) is 7.42. The van der Waals surface area contributed by atoms with Gasteiger partial charge in [0.1, 0.15) is 11.9 Å². The second-order valence-corrected chi connectivity index (χ2v) is 7.54. The molecule has 120 valence electrons. The van der Waals surface area contributed by atoms with Gasteiger partial charge in [0.05, 0.1) is 9.36 Å². The van der Waals surface area contributed by atoms with Gasteiger partial charge in [0, 0.05) is 23.4 Å². The molecule has 0 amide bonds. The molecule has 0 bridgehead atoms. The molecule has 1 unspecified atom stereocenters. The zero-order valence-corrected chi connectivity index (χ0v) is 15.0. The molecule has 3 aromatic rings. The van der Waals surface area contributed by atoms with E-state index in [0.717, 1.165) is 33.9 Å². The monoisotopic (exact) mass is 365 g/mol. The van der Waals surface area contributed by atoms with E-state index in [0.29, 0.717) is 5.02 Å². The van der Waals surface area contributed by atoms with Crippen molar-refractivity contribution < 1.29 is 4.74 Å². The molecule has 0 saturated carbocycles. The third-order valence-corrected chi connectivity index (χ3v) is 5.14. The highest BCUT2D eigenvalue weighted by Gasteiger charge is 2.10. The second-order valence-electron chi connectivity index (χ2n) is 5.36. The van der Waals surface area contributed by atoms with Crippen molar-refractivity contribution in [2.75, 3.05) is 6.54 Å². The lowest BCUT2D eigenvalue weighted by Gasteiger charge is -2.17. The lowest BCUT2D eigenvalue weighted by Crippen LogP contribution is -2.28. The molecule has 5 heteroatoms. The third kappa shape index (κ3) is 4.18. The third-order valence-electron chi connectivity index (χ3n) is 3.52. The molecule has 3 rings (SSSR count). The van der Waals surface area contributed by atoms with Gasteiger partial charge in [-0.3, -0.25) is 0 Å². The minimum atomic E-state index is 0.0177. The number of nitrogens with one attached hydrogen (secondary N) is 1. The molecule has 2 aromatic carbocycles. The van der Waals surface area contributed by atoms with E-state index in [4.69, 9.17) is 27.9 Å². The molecular weight excluding hydrogens is 349 g/mol. The lowest BCUT2D eigenvalue weighted by atomic mass is 10.1. The number of hydrogen-bond acceptors (Lipinski definition) is 3. The summed E-state index contributed by atoms with van der Waals surface area (Å²) in [6.45, 7) is 3.55. The van der Waals surface area contributed by atoms with Crippen LogP contribution < -0.4 is 10.1 Å². The smallest absolute Gasteiger partial charge is 0.139 e. The van der Waals surface area contributed by atoms with E-state index < -0.39 is 0 Å². The van der Waals surface area contributed by atoms with E-state index in [1.165, 1.54) is 4.88 Å². The molecule has 0 spiro atoms. The van der Waals surface area contributed by atoms with Crippen LogP contribution in [-0.4, -0.2) is 12.6 Å². The van der Waals surface area contributed by atoms with Crippen LogP contribution >= 0.6 is 34.5 Å². The Kier molecular flexibility index (Phi) is 5.44. The first-order valence-corrected chi connectivity index (χ1v) is 8.99. The Hall–Kier alpha value is -1.26.